The van der Waals surface area contributed by atoms with Crippen LogP contribution in [0.2, 0.25) is 0 Å². The van der Waals surface area contributed by atoms with Gasteiger partial charge in [0.2, 0.25) is 0 Å². The summed E-state index contributed by atoms with van der Waals surface area (Å²) in [7, 11) is -15.4. The number of benzene rings is 4. The molecule has 9 rings (SSSR count). The molecule has 5 aliphatic heterocycles. The topological polar surface area (TPSA) is 250 Å². The molecule has 0 fully saturated rings. The smallest absolute Gasteiger partial charge is 0.336 e. The van der Waals surface area contributed by atoms with Crippen LogP contribution in [0.5, 0.6) is 0 Å². The minimum atomic E-state index is -5.18. The van der Waals surface area contributed by atoms with E-state index in [1.54, 1.807) is 48.6 Å². The van der Waals surface area contributed by atoms with Crippen LogP contribution in [-0.2, 0) is 30.4 Å². The Balaban J connectivity index is 0.00000560. The summed E-state index contributed by atoms with van der Waals surface area (Å²) in [4.78, 5) is 30.6. The second kappa shape index (κ2) is 16.3. The number of carboxylic acid groups (broad SMARTS) is 1. The lowest BCUT2D eigenvalue weighted by Crippen LogP contribution is -2.12. The summed E-state index contributed by atoms with van der Waals surface area (Å²) in [6.07, 6.45) is 18.9. The van der Waals surface area contributed by atoms with E-state index >= 15 is 0 Å². The van der Waals surface area contributed by atoms with Crippen LogP contribution in [-0.4, -0.2) is 72.8 Å². The summed E-state index contributed by atoms with van der Waals surface area (Å²) in [5.74, 6) is -1.68. The first-order chi connectivity index (χ1) is 29.9. The minimum Gasteiger partial charge on any atom is -0.478 e. The minimum absolute atomic E-state index is 0. The molecule has 0 atom stereocenters. The molecule has 0 spiro atoms. The summed E-state index contributed by atoms with van der Waals surface area (Å²) < 4.78 is 110. The molecule has 4 N–H and O–H groups in total. The first-order valence-corrected chi connectivity index (χ1v) is 22.9. The Morgan fingerprint density at radius 2 is 0.844 bits per heavy atom. The molecule has 5 aliphatic rings. The van der Waals surface area contributed by atoms with Crippen LogP contribution in [0.4, 0.5) is 0 Å². The molecule has 19 heteroatoms. The van der Waals surface area contributed by atoms with Crippen LogP contribution in [0.1, 0.15) is 15.9 Å². The van der Waals surface area contributed by atoms with Crippen LogP contribution in [0.25, 0.3) is 39.0 Å². The van der Waals surface area contributed by atoms with Gasteiger partial charge in [0.1, 0.15) is 14.7 Å². The number of carboxylic acids is 1. The van der Waals surface area contributed by atoms with Crippen molar-refractivity contribution in [1.82, 2.24) is 0 Å². The number of halogens is 1. The Kier molecular flexibility index (Phi) is 11.1. The van der Waals surface area contributed by atoms with Crippen molar-refractivity contribution in [3.63, 3.8) is 0 Å². The fraction of sp³-hybridized carbons (Fsp3) is 0. The van der Waals surface area contributed by atoms with E-state index < -0.39 is 73.3 Å². The molecule has 320 valence electrons. The van der Waals surface area contributed by atoms with Crippen molar-refractivity contribution < 1.29 is 48.8 Å². The Hall–Kier alpha value is -7.03. The largest absolute Gasteiger partial charge is 0.478 e. The Morgan fingerprint density at radius 1 is 0.438 bits per heavy atom. The number of nitrogens with zero attached hydrogens (tertiary/aromatic N) is 4. The van der Waals surface area contributed by atoms with Crippen LogP contribution in [0.15, 0.2) is 203 Å². The van der Waals surface area contributed by atoms with Gasteiger partial charge in [0.05, 0.1) is 51.2 Å². The molecule has 64 heavy (non-hydrogen) atoms. The van der Waals surface area contributed by atoms with Gasteiger partial charge in [-0.15, -0.1) is 12.4 Å². The standard InChI is InChI=1S/C45H28N4O11S3.ClH/c50-45(51)44-37(35-22-31-21-29-16-15-27(47-29)19-25-13-14-26(46-25)20-28-17-18-30(48-28)23-38(35)49-31)24-36(32-7-1-4-10-39(32)61(52,53)54)42(33-8-2-5-11-40(33)62(55,56)57)43(44)34-9-3-6-12-41(34)63(58,59)60;/h1-24H,(H,50,51)(H,52,53,54)(H,55,56,57)(H,58,59,60);1H. The van der Waals surface area contributed by atoms with Gasteiger partial charge in [-0.2, -0.15) is 25.3 Å². The number of aliphatic imine (C=N–C) groups is 4. The molecular formula is C45H29ClN4O11S3. The van der Waals surface area contributed by atoms with Crippen molar-refractivity contribution in [2.24, 2.45) is 20.0 Å². The highest BCUT2D eigenvalue weighted by atomic mass is 35.5. The van der Waals surface area contributed by atoms with E-state index in [0.29, 0.717) is 34.2 Å². The van der Waals surface area contributed by atoms with E-state index in [-0.39, 0.29) is 51.6 Å². The molecule has 4 aromatic carbocycles. The third-order valence-electron chi connectivity index (χ3n) is 10.2. The van der Waals surface area contributed by atoms with Gasteiger partial charge < -0.3 is 5.11 Å². The van der Waals surface area contributed by atoms with Crippen molar-refractivity contribution in [1.29, 1.82) is 0 Å². The second-order valence-electron chi connectivity index (χ2n) is 14.3. The number of hydrogen-bond acceptors (Lipinski definition) is 11. The summed E-state index contributed by atoms with van der Waals surface area (Å²) in [6, 6.07) is 16.0. The molecule has 0 saturated heterocycles. The van der Waals surface area contributed by atoms with Crippen LogP contribution in [0.3, 0.4) is 0 Å². The molecule has 5 heterocycles. The lowest BCUT2D eigenvalue weighted by Gasteiger charge is -2.25. The maximum Gasteiger partial charge on any atom is 0.336 e. The Labute approximate surface area is 371 Å². The molecule has 4 aromatic rings. The lowest BCUT2D eigenvalue weighted by atomic mass is 9.80. The number of carbonyl (C=O) groups is 1. The highest BCUT2D eigenvalue weighted by molar-refractivity contribution is 7.86. The van der Waals surface area contributed by atoms with Crippen molar-refractivity contribution in [3.8, 4) is 33.4 Å². The molecule has 0 unspecified atom stereocenters. The second-order valence-corrected chi connectivity index (χ2v) is 18.4. The first kappa shape index (κ1) is 43.6. The van der Waals surface area contributed by atoms with Gasteiger partial charge in [0.15, 0.2) is 0 Å². The number of rotatable bonds is 8. The molecule has 0 aliphatic carbocycles. The van der Waals surface area contributed by atoms with E-state index in [4.69, 9.17) is 9.98 Å². The quantitative estimate of drug-likeness (QED) is 0.123. The predicted octanol–water partition coefficient (Wildman–Crippen LogP) is 7.97. The Bertz CT molecular complexity index is 3550. The van der Waals surface area contributed by atoms with Crippen LogP contribution < -0.4 is 0 Å². The van der Waals surface area contributed by atoms with Crippen molar-refractivity contribution in [3.05, 3.63) is 180 Å². The van der Waals surface area contributed by atoms with E-state index in [1.165, 1.54) is 66.7 Å². The third kappa shape index (κ3) is 8.29. The van der Waals surface area contributed by atoms with E-state index in [0.717, 1.165) is 18.2 Å². The van der Waals surface area contributed by atoms with E-state index in [9.17, 15) is 48.8 Å². The molecule has 0 amide bonds. The Morgan fingerprint density at radius 3 is 1.31 bits per heavy atom. The fourth-order valence-corrected chi connectivity index (χ4v) is 9.81. The normalized spacial score (nSPS) is 16.5. The van der Waals surface area contributed by atoms with Gasteiger partial charge in [-0.25, -0.2) is 24.8 Å². The van der Waals surface area contributed by atoms with E-state index in [1.807, 2.05) is 12.2 Å². The van der Waals surface area contributed by atoms with Gasteiger partial charge in [0.25, 0.3) is 30.4 Å². The van der Waals surface area contributed by atoms with Crippen LogP contribution in [0, 0.1) is 0 Å². The van der Waals surface area contributed by atoms with Crippen molar-refractivity contribution in [2.45, 2.75) is 14.7 Å². The fourth-order valence-electron chi connectivity index (χ4n) is 7.70. The molecule has 0 aromatic heterocycles. The molecule has 0 radical (unpaired) electrons. The average molecular weight is 933 g/mol. The zero-order chi connectivity index (χ0) is 44.4. The van der Waals surface area contributed by atoms with Crippen LogP contribution >= 0.6 is 12.4 Å². The highest BCUT2D eigenvalue weighted by Crippen LogP contribution is 2.50. The predicted molar refractivity (Wildman–Crippen MR) is 244 cm³/mol. The summed E-state index contributed by atoms with van der Waals surface area (Å²) in [6.45, 7) is 0. The lowest BCUT2D eigenvalue weighted by molar-refractivity contribution is 0.0697. The summed E-state index contributed by atoms with van der Waals surface area (Å²) in [5.41, 5.74) is 0.679. The third-order valence-corrected chi connectivity index (χ3v) is 12.9. The van der Waals surface area contributed by atoms with E-state index in [2.05, 4.69) is 9.98 Å². The summed E-state index contributed by atoms with van der Waals surface area (Å²) in [5, 5.41) is 11.4. The monoisotopic (exact) mass is 932 g/mol. The van der Waals surface area contributed by atoms with Crippen molar-refractivity contribution >= 4 is 77.2 Å². The average Bonchev–Trinajstić information content (AvgIpc) is 4.05. The van der Waals surface area contributed by atoms with Gasteiger partial charge in [0, 0.05) is 27.8 Å². The zero-order valence-corrected chi connectivity index (χ0v) is 35.7. The van der Waals surface area contributed by atoms with Gasteiger partial charge in [-0.3, -0.25) is 13.7 Å². The SMILES string of the molecule is Cl.O=C(O)c1c(C2=CC3=NC2=CC2=NC(=CC4=NC(=CC5=NC(=C3)C=C5)C=C4)C=C2)cc(-c2ccccc2S(=O)(=O)O)c(-c2ccccc2S(=O)(=O)O)c1-c1ccccc1S(=O)(=O)O. The number of fused-ring (bicyclic) bond motifs is 4. The van der Waals surface area contributed by atoms with Gasteiger partial charge in [-0.1, -0.05) is 54.6 Å². The van der Waals surface area contributed by atoms with Gasteiger partial charge in [-0.05, 0) is 108 Å². The van der Waals surface area contributed by atoms with Crippen molar-refractivity contribution in [2.75, 3.05) is 0 Å². The highest BCUT2D eigenvalue weighted by Gasteiger charge is 2.35. The maximum absolute atomic E-state index is 14.0. The van der Waals surface area contributed by atoms with Gasteiger partial charge >= 0.3 is 5.97 Å². The molecule has 15 nitrogen and oxygen atoms in total. The molecular weight excluding hydrogens is 904 g/mol. The number of allylic oxidation sites excluding steroid dienone is 12. The number of aromatic carboxylic acids is 1. The molecule has 0 saturated carbocycles. The molecule has 8 bridgehead atoms. The zero-order valence-electron chi connectivity index (χ0n) is 32.4. The summed E-state index contributed by atoms with van der Waals surface area (Å²) >= 11 is 0. The number of hydrogen-bond donors (Lipinski definition) is 4. The first-order valence-electron chi connectivity index (χ1n) is 18.6. The maximum atomic E-state index is 14.0.